The first-order valence-corrected chi connectivity index (χ1v) is 7.77. The highest BCUT2D eigenvalue weighted by molar-refractivity contribution is 6.30. The molecule has 0 saturated heterocycles. The van der Waals surface area contributed by atoms with Crippen molar-refractivity contribution in [3.05, 3.63) is 34.9 Å². The zero-order valence-corrected chi connectivity index (χ0v) is 12.8. The molecule has 1 aromatic rings. The topological polar surface area (TPSA) is 41.5 Å². The van der Waals surface area contributed by atoms with Gasteiger partial charge >= 0.3 is 0 Å². The van der Waals surface area contributed by atoms with Gasteiger partial charge < -0.3 is 15.2 Å². The lowest BCUT2D eigenvalue weighted by Gasteiger charge is -2.42. The van der Waals surface area contributed by atoms with E-state index in [9.17, 15) is 5.11 Å². The summed E-state index contributed by atoms with van der Waals surface area (Å²) in [5, 5.41) is 14.2. The maximum atomic E-state index is 9.94. The Labute approximate surface area is 126 Å². The molecule has 1 aliphatic carbocycles. The molecule has 0 bridgehead atoms. The second-order valence-corrected chi connectivity index (χ2v) is 6.10. The number of rotatable bonds is 8. The van der Waals surface area contributed by atoms with Crippen molar-refractivity contribution in [1.82, 2.24) is 5.32 Å². The highest BCUT2D eigenvalue weighted by atomic mass is 35.5. The van der Waals surface area contributed by atoms with E-state index in [4.69, 9.17) is 16.3 Å². The van der Waals surface area contributed by atoms with E-state index in [1.54, 1.807) is 0 Å². The summed E-state index contributed by atoms with van der Waals surface area (Å²) < 4.78 is 5.54. The van der Waals surface area contributed by atoms with Gasteiger partial charge in [-0.1, -0.05) is 30.7 Å². The van der Waals surface area contributed by atoms with E-state index in [1.807, 2.05) is 24.3 Å². The Morgan fingerprint density at radius 2 is 2.05 bits per heavy atom. The monoisotopic (exact) mass is 297 g/mol. The molecule has 1 fully saturated rings. The molecule has 3 nitrogen and oxygen atoms in total. The van der Waals surface area contributed by atoms with Crippen LogP contribution in [0.5, 0.6) is 0 Å². The molecule has 1 aromatic carbocycles. The van der Waals surface area contributed by atoms with Crippen LogP contribution in [0.25, 0.3) is 0 Å². The Balaban J connectivity index is 1.62. The van der Waals surface area contributed by atoms with Gasteiger partial charge in [-0.2, -0.15) is 0 Å². The van der Waals surface area contributed by atoms with Crippen molar-refractivity contribution in [1.29, 1.82) is 0 Å². The Bertz CT molecular complexity index is 398. The van der Waals surface area contributed by atoms with Crippen molar-refractivity contribution in [2.24, 2.45) is 0 Å². The number of hydrogen-bond acceptors (Lipinski definition) is 3. The Morgan fingerprint density at radius 3 is 2.60 bits per heavy atom. The third kappa shape index (κ3) is 4.45. The van der Waals surface area contributed by atoms with Crippen molar-refractivity contribution in [2.45, 2.75) is 50.9 Å². The van der Waals surface area contributed by atoms with Gasteiger partial charge in [-0.15, -0.1) is 0 Å². The van der Waals surface area contributed by atoms with Crippen molar-refractivity contribution >= 4 is 11.6 Å². The number of benzene rings is 1. The first-order chi connectivity index (χ1) is 9.63. The molecular weight excluding hydrogens is 274 g/mol. The Kier molecular flexibility index (Phi) is 5.85. The maximum absolute atomic E-state index is 9.94. The van der Waals surface area contributed by atoms with Gasteiger partial charge in [0.25, 0.3) is 0 Å². The number of β-amino-alcohol motifs (C(OH)–C–C–N with tert-alkyl or cyclic N) is 1. The predicted molar refractivity (Wildman–Crippen MR) is 82.0 cm³/mol. The highest BCUT2D eigenvalue weighted by Crippen LogP contribution is 2.34. The smallest absolute Gasteiger partial charge is 0.0898 e. The molecule has 0 aliphatic heterocycles. The van der Waals surface area contributed by atoms with Gasteiger partial charge in [0, 0.05) is 17.1 Å². The first kappa shape index (κ1) is 15.8. The molecule has 2 N–H and O–H groups in total. The largest absolute Gasteiger partial charge is 0.389 e. The van der Waals surface area contributed by atoms with Crippen LogP contribution < -0.4 is 5.32 Å². The van der Waals surface area contributed by atoms with Crippen molar-refractivity contribution in [3.8, 4) is 0 Å². The summed E-state index contributed by atoms with van der Waals surface area (Å²) in [6.45, 7) is 3.67. The molecule has 1 aliphatic rings. The van der Waals surface area contributed by atoms with E-state index in [-0.39, 0.29) is 5.54 Å². The third-order valence-corrected chi connectivity index (χ3v) is 4.44. The van der Waals surface area contributed by atoms with Gasteiger partial charge in [-0.05, 0) is 43.4 Å². The van der Waals surface area contributed by atoms with Gasteiger partial charge in [0.05, 0.1) is 19.3 Å². The quantitative estimate of drug-likeness (QED) is 0.774. The van der Waals surface area contributed by atoms with Gasteiger partial charge in [0.2, 0.25) is 0 Å². The van der Waals surface area contributed by atoms with Crippen LogP contribution in [0.3, 0.4) is 0 Å². The van der Waals surface area contributed by atoms with Crippen molar-refractivity contribution in [2.75, 3.05) is 13.2 Å². The molecule has 1 saturated carbocycles. The molecule has 2 rings (SSSR count). The number of nitrogens with one attached hydrogen (secondary N) is 1. The van der Waals surface area contributed by atoms with Crippen LogP contribution in [0.15, 0.2) is 24.3 Å². The summed E-state index contributed by atoms with van der Waals surface area (Å²) >= 11 is 5.82. The maximum Gasteiger partial charge on any atom is 0.0898 e. The van der Waals surface area contributed by atoms with Crippen LogP contribution in [0.2, 0.25) is 5.02 Å². The van der Waals surface area contributed by atoms with Crippen molar-refractivity contribution < 1.29 is 9.84 Å². The van der Waals surface area contributed by atoms with E-state index >= 15 is 0 Å². The van der Waals surface area contributed by atoms with Crippen LogP contribution in [-0.2, 0) is 11.3 Å². The fraction of sp³-hybridized carbons (Fsp3) is 0.625. The lowest BCUT2D eigenvalue weighted by Crippen LogP contribution is -2.53. The SMILES string of the molecule is CCC1(NCC(O)COCc2ccc(Cl)cc2)CCC1. The summed E-state index contributed by atoms with van der Waals surface area (Å²) in [7, 11) is 0. The van der Waals surface area contributed by atoms with Gasteiger partial charge in [0.1, 0.15) is 0 Å². The second-order valence-electron chi connectivity index (χ2n) is 5.66. The molecule has 112 valence electrons. The fourth-order valence-corrected chi connectivity index (χ4v) is 2.67. The number of aliphatic hydroxyl groups is 1. The standard InChI is InChI=1S/C16H24ClNO2/c1-2-16(8-3-9-16)18-10-15(19)12-20-11-13-4-6-14(17)7-5-13/h4-7,15,18-19H,2-3,8-12H2,1H3. The molecule has 20 heavy (non-hydrogen) atoms. The Morgan fingerprint density at radius 1 is 1.35 bits per heavy atom. The van der Waals surface area contributed by atoms with Crippen LogP contribution in [-0.4, -0.2) is 29.9 Å². The lowest BCUT2D eigenvalue weighted by molar-refractivity contribution is 0.0202. The fourth-order valence-electron chi connectivity index (χ4n) is 2.55. The zero-order chi connectivity index (χ0) is 14.4. The minimum absolute atomic E-state index is 0.275. The number of hydrogen-bond donors (Lipinski definition) is 2. The molecule has 0 heterocycles. The first-order valence-electron chi connectivity index (χ1n) is 7.39. The van der Waals surface area contributed by atoms with E-state index in [0.717, 1.165) is 17.0 Å². The van der Waals surface area contributed by atoms with Crippen LogP contribution in [0.1, 0.15) is 38.2 Å². The average Bonchev–Trinajstić information content (AvgIpc) is 2.40. The molecule has 1 unspecified atom stereocenters. The molecule has 0 radical (unpaired) electrons. The van der Waals surface area contributed by atoms with Gasteiger partial charge in [-0.25, -0.2) is 0 Å². The number of aliphatic hydroxyl groups excluding tert-OH is 1. The predicted octanol–water partition coefficient (Wildman–Crippen LogP) is 3.14. The van der Waals surface area contributed by atoms with E-state index in [0.29, 0.717) is 19.8 Å². The van der Waals surface area contributed by atoms with E-state index in [2.05, 4.69) is 12.2 Å². The molecule has 4 heteroatoms. The normalized spacial score (nSPS) is 18.6. The molecule has 0 amide bonds. The molecule has 0 spiro atoms. The summed E-state index contributed by atoms with van der Waals surface area (Å²) in [6, 6.07) is 7.57. The molecule has 1 atom stereocenters. The Hall–Kier alpha value is -0.610. The van der Waals surface area contributed by atoms with Gasteiger partial charge in [0.15, 0.2) is 0 Å². The number of halogens is 1. The van der Waals surface area contributed by atoms with Crippen LogP contribution >= 0.6 is 11.6 Å². The summed E-state index contributed by atoms with van der Waals surface area (Å²) in [4.78, 5) is 0. The number of ether oxygens (including phenoxy) is 1. The van der Waals surface area contributed by atoms with E-state index in [1.165, 1.54) is 19.3 Å². The molecule has 0 aromatic heterocycles. The third-order valence-electron chi connectivity index (χ3n) is 4.19. The highest BCUT2D eigenvalue weighted by Gasteiger charge is 2.34. The zero-order valence-electron chi connectivity index (χ0n) is 12.1. The summed E-state index contributed by atoms with van der Waals surface area (Å²) in [5.41, 5.74) is 1.34. The van der Waals surface area contributed by atoms with Crippen LogP contribution in [0, 0.1) is 0 Å². The van der Waals surface area contributed by atoms with E-state index < -0.39 is 6.10 Å². The summed E-state index contributed by atoms with van der Waals surface area (Å²) in [6.07, 6.45) is 4.42. The lowest BCUT2D eigenvalue weighted by atomic mass is 9.75. The second kappa shape index (κ2) is 7.41. The molecular formula is C16H24ClNO2. The van der Waals surface area contributed by atoms with Crippen LogP contribution in [0.4, 0.5) is 0 Å². The van der Waals surface area contributed by atoms with Crippen molar-refractivity contribution in [3.63, 3.8) is 0 Å². The van der Waals surface area contributed by atoms with Gasteiger partial charge in [-0.3, -0.25) is 0 Å². The average molecular weight is 298 g/mol. The minimum atomic E-state index is -0.452. The minimum Gasteiger partial charge on any atom is -0.389 e. The summed E-state index contributed by atoms with van der Waals surface area (Å²) in [5.74, 6) is 0.